The van der Waals surface area contributed by atoms with E-state index >= 15 is 0 Å². The van der Waals surface area contributed by atoms with Crippen LogP contribution < -0.4 is 5.32 Å². The zero-order chi connectivity index (χ0) is 20.1. The maximum absolute atomic E-state index is 12.4. The van der Waals surface area contributed by atoms with E-state index in [-0.39, 0.29) is 6.54 Å². The molecule has 5 amide bonds. The van der Waals surface area contributed by atoms with Gasteiger partial charge in [0.2, 0.25) is 5.91 Å². The monoisotopic (exact) mass is 395 g/mol. The van der Waals surface area contributed by atoms with Crippen LogP contribution in [0, 0.1) is 0 Å². The molecule has 1 aliphatic heterocycles. The van der Waals surface area contributed by atoms with Crippen LogP contribution in [0.5, 0.6) is 0 Å². The first-order valence-electron chi connectivity index (χ1n) is 8.41. The first-order valence-corrected chi connectivity index (χ1v) is 9.23. The maximum atomic E-state index is 12.4. The standard InChI is InChI=1S/C20H17N3O4S/c1-2-12-22-18(25)19(26)23(20(22)27)13-17(24)21-15-10-6-7-11-16(15)28-14-8-4-3-5-9-14/h2-11H,1,12-13H2,(H,21,24). The van der Waals surface area contributed by atoms with E-state index < -0.39 is 30.3 Å². The number of amides is 5. The van der Waals surface area contributed by atoms with Gasteiger partial charge in [0.25, 0.3) is 0 Å². The number of benzene rings is 2. The first-order chi connectivity index (χ1) is 13.5. The number of carbonyl (C=O) groups excluding carboxylic acids is 4. The van der Waals surface area contributed by atoms with E-state index in [9.17, 15) is 19.2 Å². The minimum Gasteiger partial charge on any atom is -0.323 e. The smallest absolute Gasteiger partial charge is 0.323 e. The quantitative estimate of drug-likeness (QED) is 0.443. The van der Waals surface area contributed by atoms with Gasteiger partial charge >= 0.3 is 17.8 Å². The van der Waals surface area contributed by atoms with Gasteiger partial charge in [0.1, 0.15) is 6.54 Å². The van der Waals surface area contributed by atoms with Crippen LogP contribution in [-0.2, 0) is 14.4 Å². The number of nitrogens with zero attached hydrogens (tertiary/aromatic N) is 2. The minimum atomic E-state index is -1.02. The lowest BCUT2D eigenvalue weighted by atomic mass is 10.3. The summed E-state index contributed by atoms with van der Waals surface area (Å²) in [6, 6.07) is 16.0. The highest BCUT2D eigenvalue weighted by Gasteiger charge is 2.44. The summed E-state index contributed by atoms with van der Waals surface area (Å²) in [6.45, 7) is 2.82. The molecule has 1 aliphatic rings. The molecular weight excluding hydrogens is 378 g/mol. The van der Waals surface area contributed by atoms with E-state index in [0.717, 1.165) is 14.7 Å². The zero-order valence-corrected chi connectivity index (χ0v) is 15.6. The van der Waals surface area contributed by atoms with Gasteiger partial charge in [-0.1, -0.05) is 48.2 Å². The number of rotatable bonds is 7. The number of urea groups is 1. The molecule has 2 aromatic carbocycles. The molecule has 8 heteroatoms. The van der Waals surface area contributed by atoms with E-state index in [0.29, 0.717) is 10.6 Å². The second-order valence-corrected chi connectivity index (χ2v) is 6.95. The van der Waals surface area contributed by atoms with Gasteiger partial charge in [0.15, 0.2) is 0 Å². The van der Waals surface area contributed by atoms with Crippen LogP contribution in [0.3, 0.4) is 0 Å². The Labute approximate surface area is 166 Å². The molecule has 1 fully saturated rings. The van der Waals surface area contributed by atoms with Gasteiger partial charge in [0.05, 0.1) is 5.69 Å². The van der Waals surface area contributed by atoms with E-state index in [1.165, 1.54) is 17.8 Å². The van der Waals surface area contributed by atoms with Crippen LogP contribution in [0.2, 0.25) is 0 Å². The van der Waals surface area contributed by atoms with Crippen molar-refractivity contribution in [2.45, 2.75) is 9.79 Å². The number of hydrogen-bond acceptors (Lipinski definition) is 5. The molecule has 0 aromatic heterocycles. The molecule has 0 spiro atoms. The molecule has 142 valence electrons. The number of hydrogen-bond donors (Lipinski definition) is 1. The van der Waals surface area contributed by atoms with Gasteiger partial charge in [0, 0.05) is 16.3 Å². The molecule has 2 aromatic rings. The molecule has 0 radical (unpaired) electrons. The number of anilines is 1. The largest absolute Gasteiger partial charge is 0.335 e. The summed E-state index contributed by atoms with van der Waals surface area (Å²) >= 11 is 1.47. The highest BCUT2D eigenvalue weighted by atomic mass is 32.2. The predicted octanol–water partition coefficient (Wildman–Crippen LogP) is 2.75. The SMILES string of the molecule is C=CCN1C(=O)C(=O)N(CC(=O)Nc2ccccc2Sc2ccccc2)C1=O. The summed E-state index contributed by atoms with van der Waals surface area (Å²) in [4.78, 5) is 51.6. The maximum Gasteiger partial charge on any atom is 0.335 e. The van der Waals surface area contributed by atoms with Crippen LogP contribution in [0.4, 0.5) is 10.5 Å². The minimum absolute atomic E-state index is 0.0852. The Morgan fingerprint density at radius 1 is 0.964 bits per heavy atom. The van der Waals surface area contributed by atoms with Crippen LogP contribution >= 0.6 is 11.8 Å². The van der Waals surface area contributed by atoms with E-state index in [4.69, 9.17) is 0 Å². The molecule has 1 N–H and O–H groups in total. The number of nitrogens with one attached hydrogen (secondary N) is 1. The van der Waals surface area contributed by atoms with Gasteiger partial charge in [-0.05, 0) is 24.3 Å². The molecule has 0 unspecified atom stereocenters. The average Bonchev–Trinajstić information content (AvgIpc) is 2.89. The van der Waals surface area contributed by atoms with Crippen molar-refractivity contribution < 1.29 is 19.2 Å². The van der Waals surface area contributed by atoms with Crippen molar-refractivity contribution in [2.24, 2.45) is 0 Å². The van der Waals surface area contributed by atoms with Crippen molar-refractivity contribution in [3.8, 4) is 0 Å². The molecular formula is C20H17N3O4S. The molecule has 0 saturated carbocycles. The molecule has 28 heavy (non-hydrogen) atoms. The summed E-state index contributed by atoms with van der Waals surface area (Å²) in [6.07, 6.45) is 1.34. The highest BCUT2D eigenvalue weighted by Crippen LogP contribution is 2.33. The predicted molar refractivity (Wildman–Crippen MR) is 105 cm³/mol. The summed E-state index contributed by atoms with van der Waals surface area (Å²) < 4.78 is 0. The lowest BCUT2D eigenvalue weighted by Crippen LogP contribution is -2.39. The third-order valence-corrected chi connectivity index (χ3v) is 4.96. The Bertz CT molecular complexity index is 945. The highest BCUT2D eigenvalue weighted by molar-refractivity contribution is 7.99. The summed E-state index contributed by atoms with van der Waals surface area (Å²) in [5.41, 5.74) is 0.551. The molecule has 0 atom stereocenters. The van der Waals surface area contributed by atoms with E-state index in [2.05, 4.69) is 11.9 Å². The Kier molecular flexibility index (Phi) is 5.90. The fourth-order valence-electron chi connectivity index (χ4n) is 2.59. The van der Waals surface area contributed by atoms with Crippen LogP contribution in [-0.4, -0.2) is 46.6 Å². The van der Waals surface area contributed by atoms with Crippen LogP contribution in [0.1, 0.15) is 0 Å². The summed E-state index contributed by atoms with van der Waals surface area (Å²) in [5.74, 6) is -2.55. The van der Waals surface area contributed by atoms with Gasteiger partial charge < -0.3 is 5.32 Å². The topological polar surface area (TPSA) is 86.8 Å². The lowest BCUT2D eigenvalue weighted by Gasteiger charge is -2.15. The molecule has 1 saturated heterocycles. The third-order valence-electron chi connectivity index (χ3n) is 3.88. The van der Waals surface area contributed by atoms with E-state index in [1.807, 2.05) is 42.5 Å². The van der Waals surface area contributed by atoms with Crippen molar-refractivity contribution in [1.29, 1.82) is 0 Å². The number of imide groups is 2. The Morgan fingerprint density at radius 3 is 2.32 bits per heavy atom. The second kappa shape index (κ2) is 8.53. The normalized spacial score (nSPS) is 13.8. The lowest BCUT2D eigenvalue weighted by molar-refractivity contribution is -0.143. The van der Waals surface area contributed by atoms with E-state index in [1.54, 1.807) is 12.1 Å². The Hall–Kier alpha value is -3.39. The van der Waals surface area contributed by atoms with Crippen molar-refractivity contribution in [3.63, 3.8) is 0 Å². The second-order valence-electron chi connectivity index (χ2n) is 5.84. The fraction of sp³-hybridized carbons (Fsp3) is 0.100. The van der Waals surface area contributed by atoms with Crippen molar-refractivity contribution >= 4 is 41.2 Å². The van der Waals surface area contributed by atoms with Crippen LogP contribution in [0.15, 0.2) is 77.0 Å². The molecule has 1 heterocycles. The number of para-hydroxylation sites is 1. The van der Waals surface area contributed by atoms with Crippen molar-refractivity contribution in [3.05, 3.63) is 67.3 Å². The summed E-state index contributed by atoms with van der Waals surface area (Å²) in [5, 5.41) is 2.70. The first kappa shape index (κ1) is 19.4. The van der Waals surface area contributed by atoms with Gasteiger partial charge in [-0.15, -0.1) is 6.58 Å². The third kappa shape index (κ3) is 4.12. The number of carbonyl (C=O) groups is 4. The zero-order valence-electron chi connectivity index (χ0n) is 14.8. The molecule has 7 nitrogen and oxygen atoms in total. The van der Waals surface area contributed by atoms with Gasteiger partial charge in [-0.25, -0.2) is 9.69 Å². The van der Waals surface area contributed by atoms with Crippen LogP contribution in [0.25, 0.3) is 0 Å². The van der Waals surface area contributed by atoms with Gasteiger partial charge in [-0.2, -0.15) is 0 Å². The van der Waals surface area contributed by atoms with Crippen molar-refractivity contribution in [1.82, 2.24) is 9.80 Å². The molecule has 3 rings (SSSR count). The molecule has 0 aliphatic carbocycles. The fourth-order valence-corrected chi connectivity index (χ4v) is 3.51. The van der Waals surface area contributed by atoms with Crippen molar-refractivity contribution in [2.75, 3.05) is 18.4 Å². The summed E-state index contributed by atoms with van der Waals surface area (Å²) in [7, 11) is 0. The Morgan fingerprint density at radius 2 is 1.61 bits per heavy atom. The van der Waals surface area contributed by atoms with Gasteiger partial charge in [-0.3, -0.25) is 19.3 Å². The average molecular weight is 395 g/mol. The Balaban J connectivity index is 1.70. The molecule has 0 bridgehead atoms.